The van der Waals surface area contributed by atoms with Crippen LogP contribution in [0.3, 0.4) is 0 Å². The summed E-state index contributed by atoms with van der Waals surface area (Å²) in [6.45, 7) is 2.29. The Balaban J connectivity index is 2.44. The number of hydrogen-bond donors (Lipinski definition) is 1. The van der Waals surface area contributed by atoms with Crippen LogP contribution in [0.25, 0.3) is 0 Å². The molecule has 0 saturated carbocycles. The van der Waals surface area contributed by atoms with Crippen LogP contribution in [0.1, 0.15) is 24.5 Å². The molecular formula is C14H16F3N3O2S. The molecular weight excluding hydrogens is 331 g/mol. The fourth-order valence-electron chi connectivity index (χ4n) is 2.77. The second-order valence-corrected chi connectivity index (χ2v) is 7.47. The van der Waals surface area contributed by atoms with Crippen LogP contribution in [0, 0.1) is 17.2 Å². The van der Waals surface area contributed by atoms with Crippen molar-refractivity contribution in [2.75, 3.05) is 13.1 Å². The molecule has 1 aliphatic rings. The Morgan fingerprint density at radius 3 is 2.57 bits per heavy atom. The van der Waals surface area contributed by atoms with Gasteiger partial charge in [0.2, 0.25) is 10.0 Å². The lowest BCUT2D eigenvalue weighted by Gasteiger charge is -2.21. The molecule has 126 valence electrons. The topological polar surface area (TPSA) is 87.2 Å². The Morgan fingerprint density at radius 1 is 1.43 bits per heavy atom. The Morgan fingerprint density at radius 2 is 2.09 bits per heavy atom. The molecule has 1 saturated heterocycles. The largest absolute Gasteiger partial charge is 0.417 e. The third-order valence-corrected chi connectivity index (χ3v) is 5.94. The number of benzene rings is 1. The summed E-state index contributed by atoms with van der Waals surface area (Å²) in [7, 11) is -3.97. The molecule has 0 aromatic heterocycles. The summed E-state index contributed by atoms with van der Waals surface area (Å²) < 4.78 is 64.9. The van der Waals surface area contributed by atoms with E-state index in [9.17, 15) is 21.6 Å². The van der Waals surface area contributed by atoms with Crippen LogP contribution in [0.15, 0.2) is 23.1 Å². The lowest BCUT2D eigenvalue weighted by atomic mass is 10.1. The van der Waals surface area contributed by atoms with E-state index in [0.29, 0.717) is 19.0 Å². The molecule has 2 unspecified atom stereocenters. The van der Waals surface area contributed by atoms with Crippen LogP contribution in [0.4, 0.5) is 13.2 Å². The molecule has 0 bridgehead atoms. The van der Waals surface area contributed by atoms with Gasteiger partial charge in [0, 0.05) is 12.6 Å². The Kier molecular flexibility index (Phi) is 4.71. The molecule has 0 amide bonds. The van der Waals surface area contributed by atoms with Crippen molar-refractivity contribution in [1.29, 1.82) is 5.26 Å². The van der Waals surface area contributed by atoms with Crippen LogP contribution in [-0.4, -0.2) is 31.9 Å². The van der Waals surface area contributed by atoms with E-state index in [4.69, 9.17) is 11.0 Å². The van der Waals surface area contributed by atoms with Crippen LogP contribution < -0.4 is 5.73 Å². The van der Waals surface area contributed by atoms with Crippen molar-refractivity contribution in [3.63, 3.8) is 0 Å². The molecule has 1 fully saturated rings. The second kappa shape index (κ2) is 6.11. The molecule has 0 spiro atoms. The summed E-state index contributed by atoms with van der Waals surface area (Å²) in [6, 6.07) is 3.42. The van der Waals surface area contributed by atoms with E-state index in [0.717, 1.165) is 12.1 Å². The molecule has 23 heavy (non-hydrogen) atoms. The van der Waals surface area contributed by atoms with E-state index in [-0.39, 0.29) is 23.4 Å². The number of nitrogens with zero attached hydrogens (tertiary/aromatic N) is 2. The number of halogens is 3. The maximum Gasteiger partial charge on any atom is 0.417 e. The molecule has 0 aliphatic carbocycles. The zero-order valence-corrected chi connectivity index (χ0v) is 13.2. The molecule has 2 rings (SSSR count). The Hall–Kier alpha value is -1.63. The highest BCUT2D eigenvalue weighted by atomic mass is 32.2. The summed E-state index contributed by atoms with van der Waals surface area (Å²) in [6.07, 6.45) is -4.11. The number of rotatable bonds is 3. The van der Waals surface area contributed by atoms with Crippen LogP contribution in [0.5, 0.6) is 0 Å². The van der Waals surface area contributed by atoms with Crippen molar-refractivity contribution in [1.82, 2.24) is 4.31 Å². The molecule has 1 heterocycles. The smallest absolute Gasteiger partial charge is 0.330 e. The fraction of sp³-hybridized carbons (Fsp3) is 0.500. The average molecular weight is 347 g/mol. The van der Waals surface area contributed by atoms with Crippen LogP contribution in [0.2, 0.25) is 0 Å². The van der Waals surface area contributed by atoms with Gasteiger partial charge in [0.25, 0.3) is 0 Å². The number of nitrogens with two attached hydrogens (primary N) is 1. The van der Waals surface area contributed by atoms with Crippen LogP contribution >= 0.6 is 0 Å². The van der Waals surface area contributed by atoms with Gasteiger partial charge in [-0.25, -0.2) is 8.42 Å². The summed E-state index contributed by atoms with van der Waals surface area (Å²) >= 11 is 0. The predicted octanol–water partition coefficient (Wildman–Crippen LogP) is 1.93. The van der Waals surface area contributed by atoms with Crippen molar-refractivity contribution < 1.29 is 21.6 Å². The van der Waals surface area contributed by atoms with Gasteiger partial charge >= 0.3 is 6.18 Å². The quantitative estimate of drug-likeness (QED) is 0.905. The SMILES string of the molecule is CC1CC(CN)CN1S(=O)(=O)c1ccc(C(F)(F)F)c(C#N)c1. The van der Waals surface area contributed by atoms with Crippen molar-refractivity contribution >= 4 is 10.0 Å². The first-order chi connectivity index (χ1) is 10.6. The molecule has 5 nitrogen and oxygen atoms in total. The first-order valence-electron chi connectivity index (χ1n) is 6.94. The lowest BCUT2D eigenvalue weighted by Crippen LogP contribution is -2.34. The minimum atomic E-state index is -4.71. The molecule has 2 N–H and O–H groups in total. The molecule has 2 atom stereocenters. The van der Waals surface area contributed by atoms with Gasteiger partial charge in [-0.2, -0.15) is 22.7 Å². The minimum Gasteiger partial charge on any atom is -0.330 e. The van der Waals surface area contributed by atoms with Gasteiger partial charge in [-0.05, 0) is 44.0 Å². The van der Waals surface area contributed by atoms with Gasteiger partial charge in [-0.1, -0.05) is 0 Å². The Labute approximate surface area is 132 Å². The molecule has 9 heteroatoms. The van der Waals surface area contributed by atoms with Gasteiger partial charge in [0.1, 0.15) is 0 Å². The molecule has 1 aromatic carbocycles. The van der Waals surface area contributed by atoms with Gasteiger partial charge in [-0.3, -0.25) is 0 Å². The van der Waals surface area contributed by atoms with Gasteiger partial charge < -0.3 is 5.73 Å². The van der Waals surface area contributed by atoms with E-state index in [1.165, 1.54) is 10.4 Å². The molecule has 0 radical (unpaired) electrons. The number of nitriles is 1. The maximum atomic E-state index is 12.8. The first-order valence-corrected chi connectivity index (χ1v) is 8.38. The van der Waals surface area contributed by atoms with Gasteiger partial charge in [0.05, 0.1) is 22.1 Å². The van der Waals surface area contributed by atoms with E-state index in [1.807, 2.05) is 0 Å². The minimum absolute atomic E-state index is 0.0182. The number of hydrogen-bond acceptors (Lipinski definition) is 4. The highest BCUT2D eigenvalue weighted by Crippen LogP contribution is 2.34. The van der Waals surface area contributed by atoms with E-state index in [1.54, 1.807) is 6.92 Å². The zero-order valence-electron chi connectivity index (χ0n) is 12.3. The van der Waals surface area contributed by atoms with Crippen molar-refractivity contribution in [3.8, 4) is 6.07 Å². The average Bonchev–Trinajstić information content (AvgIpc) is 2.87. The standard InChI is InChI=1S/C14H16F3N3O2S/c1-9-4-10(6-18)8-20(9)23(21,22)12-2-3-13(14(15,16)17)11(5-12)7-19/h2-3,5,9-10H,4,6,8,18H2,1H3. The van der Waals surface area contributed by atoms with Gasteiger partial charge in [-0.15, -0.1) is 0 Å². The summed E-state index contributed by atoms with van der Waals surface area (Å²) in [5.74, 6) is 0.0182. The summed E-state index contributed by atoms with van der Waals surface area (Å²) in [4.78, 5) is -0.313. The zero-order chi connectivity index (χ0) is 17.4. The fourth-order valence-corrected chi connectivity index (χ4v) is 4.52. The van der Waals surface area contributed by atoms with Crippen molar-refractivity contribution in [2.45, 2.75) is 30.5 Å². The predicted molar refractivity (Wildman–Crippen MR) is 76.7 cm³/mol. The van der Waals surface area contributed by atoms with E-state index in [2.05, 4.69) is 0 Å². The van der Waals surface area contributed by atoms with Crippen molar-refractivity contribution in [2.24, 2.45) is 11.7 Å². The lowest BCUT2D eigenvalue weighted by molar-refractivity contribution is -0.137. The normalized spacial score (nSPS) is 23.0. The third-order valence-electron chi connectivity index (χ3n) is 3.96. The number of alkyl halides is 3. The summed E-state index contributed by atoms with van der Waals surface area (Å²) in [5.41, 5.74) is 3.71. The first kappa shape index (κ1) is 17.7. The highest BCUT2D eigenvalue weighted by Gasteiger charge is 2.39. The Bertz CT molecular complexity index is 741. The molecule has 1 aromatic rings. The van der Waals surface area contributed by atoms with Gasteiger partial charge in [0.15, 0.2) is 0 Å². The van der Waals surface area contributed by atoms with Crippen molar-refractivity contribution in [3.05, 3.63) is 29.3 Å². The second-order valence-electron chi connectivity index (χ2n) is 5.58. The monoisotopic (exact) mass is 347 g/mol. The highest BCUT2D eigenvalue weighted by molar-refractivity contribution is 7.89. The maximum absolute atomic E-state index is 12.8. The third kappa shape index (κ3) is 3.34. The van der Waals surface area contributed by atoms with Crippen LogP contribution in [-0.2, 0) is 16.2 Å². The van der Waals surface area contributed by atoms with E-state index >= 15 is 0 Å². The summed E-state index contributed by atoms with van der Waals surface area (Å²) in [5, 5.41) is 8.89. The number of sulfonamides is 1. The van der Waals surface area contributed by atoms with E-state index < -0.39 is 27.3 Å². The molecule has 1 aliphatic heterocycles.